The summed E-state index contributed by atoms with van der Waals surface area (Å²) in [4.78, 5) is 30.5. The van der Waals surface area contributed by atoms with E-state index >= 15 is 0 Å². The molecule has 2 aliphatic rings. The zero-order chi connectivity index (χ0) is 19.4. The molecule has 2 heterocycles. The summed E-state index contributed by atoms with van der Waals surface area (Å²) in [6.45, 7) is 0.696. The van der Waals surface area contributed by atoms with Gasteiger partial charge in [0, 0.05) is 28.1 Å². The third-order valence-corrected chi connectivity index (χ3v) is 8.00. The minimum Gasteiger partial charge on any atom is -0.355 e. The average molecular weight is 418 g/mol. The van der Waals surface area contributed by atoms with Crippen molar-refractivity contribution in [3.05, 3.63) is 33.5 Å². The molecule has 0 radical (unpaired) electrons. The maximum absolute atomic E-state index is 12.5. The van der Waals surface area contributed by atoms with Crippen molar-refractivity contribution in [2.75, 3.05) is 11.9 Å². The fourth-order valence-electron chi connectivity index (χ4n) is 4.48. The monoisotopic (exact) mass is 417 g/mol. The van der Waals surface area contributed by atoms with Crippen LogP contribution in [0.2, 0.25) is 0 Å². The van der Waals surface area contributed by atoms with Crippen molar-refractivity contribution >= 4 is 39.6 Å². The predicted molar refractivity (Wildman–Crippen MR) is 114 cm³/mol. The Hall–Kier alpha value is -1.73. The van der Waals surface area contributed by atoms with Crippen LogP contribution in [0.1, 0.15) is 61.9 Å². The summed E-state index contributed by atoms with van der Waals surface area (Å²) < 4.78 is 0. The van der Waals surface area contributed by atoms with E-state index in [4.69, 9.17) is 0 Å². The zero-order valence-electron chi connectivity index (χ0n) is 16.0. The quantitative estimate of drug-likeness (QED) is 0.697. The van der Waals surface area contributed by atoms with Crippen molar-refractivity contribution in [2.24, 2.45) is 5.92 Å². The van der Waals surface area contributed by atoms with E-state index in [1.807, 2.05) is 5.38 Å². The van der Waals surface area contributed by atoms with Gasteiger partial charge >= 0.3 is 0 Å². The molecule has 150 valence electrons. The second-order valence-corrected chi connectivity index (χ2v) is 9.84. The maximum atomic E-state index is 12.5. The van der Waals surface area contributed by atoms with Gasteiger partial charge in [-0.2, -0.15) is 0 Å². The molecule has 0 spiro atoms. The molecule has 2 aromatic heterocycles. The smallest absolute Gasteiger partial charge is 0.229 e. The van der Waals surface area contributed by atoms with E-state index in [2.05, 4.69) is 33.1 Å². The summed E-state index contributed by atoms with van der Waals surface area (Å²) in [7, 11) is 0. The van der Waals surface area contributed by atoms with Gasteiger partial charge < -0.3 is 10.6 Å². The number of aromatic nitrogens is 1. The number of hydrogen-bond donors (Lipinski definition) is 2. The van der Waals surface area contributed by atoms with Gasteiger partial charge in [-0.1, -0.05) is 31.7 Å². The number of hydrogen-bond acceptors (Lipinski definition) is 5. The fraction of sp³-hybridized carbons (Fsp3) is 0.571. The number of rotatable bonds is 7. The van der Waals surface area contributed by atoms with Crippen molar-refractivity contribution in [1.29, 1.82) is 0 Å². The number of amides is 2. The maximum Gasteiger partial charge on any atom is 0.229 e. The van der Waals surface area contributed by atoms with E-state index in [0.29, 0.717) is 11.7 Å². The van der Waals surface area contributed by atoms with E-state index in [1.165, 1.54) is 29.1 Å². The van der Waals surface area contributed by atoms with Crippen LogP contribution < -0.4 is 10.6 Å². The molecule has 0 aromatic carbocycles. The van der Waals surface area contributed by atoms with Crippen LogP contribution in [-0.2, 0) is 21.4 Å². The van der Waals surface area contributed by atoms with Crippen molar-refractivity contribution in [3.8, 4) is 0 Å². The zero-order valence-corrected chi connectivity index (χ0v) is 17.7. The Morgan fingerprint density at radius 3 is 2.64 bits per heavy atom. The number of thiophene rings is 1. The molecule has 5 nitrogen and oxygen atoms in total. The molecule has 0 aliphatic heterocycles. The van der Waals surface area contributed by atoms with Crippen LogP contribution in [0.15, 0.2) is 22.9 Å². The number of anilines is 1. The summed E-state index contributed by atoms with van der Waals surface area (Å²) in [6.07, 6.45) is 9.20. The SMILES string of the molecule is O=C(Cc1csc(NC(=O)C2CCCC2)n1)NCC1(c2cccs2)CCCC1. The number of carbonyl (C=O) groups excluding carboxylic acids is 2. The Bertz CT molecular complexity index is 803. The topological polar surface area (TPSA) is 71.1 Å². The summed E-state index contributed by atoms with van der Waals surface area (Å²) in [6, 6.07) is 4.29. The van der Waals surface area contributed by atoms with Gasteiger partial charge in [0.15, 0.2) is 5.13 Å². The molecule has 0 bridgehead atoms. The Balaban J connectivity index is 1.29. The molecule has 2 saturated carbocycles. The highest BCUT2D eigenvalue weighted by atomic mass is 32.1. The minimum atomic E-state index is 0.00167. The lowest BCUT2D eigenvalue weighted by Gasteiger charge is -2.28. The molecule has 28 heavy (non-hydrogen) atoms. The Kier molecular flexibility index (Phi) is 6.11. The molecule has 2 amide bonds. The molecule has 7 heteroatoms. The van der Waals surface area contributed by atoms with E-state index in [0.717, 1.165) is 44.2 Å². The standard InChI is InChI=1S/C21H27N3O2S2/c25-18(22-14-21(9-3-4-10-21)17-8-5-11-27-17)12-16-13-28-20(23-16)24-19(26)15-6-1-2-7-15/h5,8,11,13,15H,1-4,6-7,9-10,12,14H2,(H,22,25)(H,23,24,26). The predicted octanol–water partition coefficient (Wildman–Crippen LogP) is 4.50. The first-order valence-electron chi connectivity index (χ1n) is 10.2. The lowest BCUT2D eigenvalue weighted by atomic mass is 9.84. The van der Waals surface area contributed by atoms with Gasteiger partial charge in [-0.25, -0.2) is 4.98 Å². The third-order valence-electron chi connectivity index (χ3n) is 6.08. The lowest BCUT2D eigenvalue weighted by Crippen LogP contribution is -2.39. The van der Waals surface area contributed by atoms with Crippen LogP contribution in [0, 0.1) is 5.92 Å². The van der Waals surface area contributed by atoms with Crippen molar-refractivity contribution in [3.63, 3.8) is 0 Å². The number of nitrogens with zero attached hydrogens (tertiary/aromatic N) is 1. The van der Waals surface area contributed by atoms with E-state index < -0.39 is 0 Å². The molecule has 2 aliphatic carbocycles. The van der Waals surface area contributed by atoms with Crippen LogP contribution in [0.3, 0.4) is 0 Å². The van der Waals surface area contributed by atoms with Gasteiger partial charge in [0.1, 0.15) is 0 Å². The molecule has 0 atom stereocenters. The van der Waals surface area contributed by atoms with Gasteiger partial charge in [0.25, 0.3) is 0 Å². The summed E-state index contributed by atoms with van der Waals surface area (Å²) in [5.74, 6) is 0.194. The Labute approximate surface area is 174 Å². The second-order valence-electron chi connectivity index (χ2n) is 8.03. The molecule has 4 rings (SSSR count). The third kappa shape index (κ3) is 4.46. The number of nitrogens with one attached hydrogen (secondary N) is 2. The Morgan fingerprint density at radius 2 is 1.93 bits per heavy atom. The van der Waals surface area contributed by atoms with E-state index in [-0.39, 0.29) is 29.6 Å². The number of thiazole rings is 1. The normalized spacial score (nSPS) is 19.0. The first-order valence-corrected chi connectivity index (χ1v) is 12.0. The van der Waals surface area contributed by atoms with Crippen LogP contribution in [0.5, 0.6) is 0 Å². The van der Waals surface area contributed by atoms with Crippen LogP contribution in [-0.4, -0.2) is 23.3 Å². The summed E-state index contributed by atoms with van der Waals surface area (Å²) in [5, 5.41) is 10.6. The van der Waals surface area contributed by atoms with Gasteiger partial charge in [0.05, 0.1) is 12.1 Å². The Morgan fingerprint density at radius 1 is 1.14 bits per heavy atom. The molecule has 0 unspecified atom stereocenters. The molecular formula is C21H27N3O2S2. The highest BCUT2D eigenvalue weighted by molar-refractivity contribution is 7.14. The first kappa shape index (κ1) is 19.6. The van der Waals surface area contributed by atoms with Gasteiger partial charge in [-0.15, -0.1) is 22.7 Å². The molecule has 2 fully saturated rings. The van der Waals surface area contributed by atoms with Gasteiger partial charge in [-0.3, -0.25) is 9.59 Å². The summed E-state index contributed by atoms with van der Waals surface area (Å²) >= 11 is 3.19. The van der Waals surface area contributed by atoms with E-state index in [9.17, 15) is 9.59 Å². The van der Waals surface area contributed by atoms with Crippen molar-refractivity contribution in [2.45, 2.75) is 63.2 Å². The second kappa shape index (κ2) is 8.74. The molecular weight excluding hydrogens is 390 g/mol. The molecule has 0 saturated heterocycles. The fourth-order valence-corrected chi connectivity index (χ4v) is 6.18. The number of carbonyl (C=O) groups is 2. The lowest BCUT2D eigenvalue weighted by molar-refractivity contribution is -0.121. The van der Waals surface area contributed by atoms with Crippen molar-refractivity contribution in [1.82, 2.24) is 10.3 Å². The minimum absolute atomic E-state index is 0.00167. The van der Waals surface area contributed by atoms with Crippen molar-refractivity contribution < 1.29 is 9.59 Å². The van der Waals surface area contributed by atoms with E-state index in [1.54, 1.807) is 11.3 Å². The molecule has 2 N–H and O–H groups in total. The van der Waals surface area contributed by atoms with Gasteiger partial charge in [-0.05, 0) is 37.1 Å². The molecule has 2 aromatic rings. The highest BCUT2D eigenvalue weighted by Crippen LogP contribution is 2.42. The van der Waals surface area contributed by atoms with Gasteiger partial charge in [0.2, 0.25) is 11.8 Å². The van der Waals surface area contributed by atoms with Crippen LogP contribution in [0.25, 0.3) is 0 Å². The average Bonchev–Trinajstić information content (AvgIpc) is 3.48. The van der Waals surface area contributed by atoms with Crippen LogP contribution >= 0.6 is 22.7 Å². The van der Waals surface area contributed by atoms with Crippen LogP contribution in [0.4, 0.5) is 5.13 Å². The largest absolute Gasteiger partial charge is 0.355 e. The summed E-state index contributed by atoms with van der Waals surface area (Å²) in [5.41, 5.74) is 0.826. The highest BCUT2D eigenvalue weighted by Gasteiger charge is 2.36. The first-order chi connectivity index (χ1) is 13.6.